The summed E-state index contributed by atoms with van der Waals surface area (Å²) in [6, 6.07) is 10.2. The van der Waals surface area contributed by atoms with Gasteiger partial charge in [0.05, 0.1) is 11.3 Å². The van der Waals surface area contributed by atoms with E-state index in [-0.39, 0.29) is 12.3 Å². The van der Waals surface area contributed by atoms with Crippen molar-refractivity contribution in [1.29, 1.82) is 0 Å². The molecular formula is C17H17F3N2O2. The van der Waals surface area contributed by atoms with Crippen LogP contribution in [0.4, 0.5) is 18.9 Å². The minimum absolute atomic E-state index is 0.232. The first-order chi connectivity index (χ1) is 11.3. The number of hydrogen-bond donors (Lipinski definition) is 2. The second-order valence-electron chi connectivity index (χ2n) is 5.25. The number of anilines is 1. The highest BCUT2D eigenvalue weighted by atomic mass is 19.4. The lowest BCUT2D eigenvalue weighted by molar-refractivity contribution is -0.137. The van der Waals surface area contributed by atoms with Crippen LogP contribution in [0.2, 0.25) is 0 Å². The number of para-hydroxylation sites is 1. The highest BCUT2D eigenvalue weighted by Crippen LogP contribution is 2.34. The van der Waals surface area contributed by atoms with Gasteiger partial charge in [-0.3, -0.25) is 15.6 Å². The van der Waals surface area contributed by atoms with Crippen LogP contribution in [0, 0.1) is 13.8 Å². The summed E-state index contributed by atoms with van der Waals surface area (Å²) in [6.07, 6.45) is -4.51. The van der Waals surface area contributed by atoms with Crippen molar-refractivity contribution in [3.63, 3.8) is 0 Å². The van der Waals surface area contributed by atoms with Gasteiger partial charge in [-0.15, -0.1) is 0 Å². The molecule has 2 N–H and O–H groups in total. The first-order valence-corrected chi connectivity index (χ1v) is 7.18. The molecule has 0 aliphatic heterocycles. The van der Waals surface area contributed by atoms with E-state index >= 15 is 0 Å². The molecule has 0 bridgehead atoms. The first-order valence-electron chi connectivity index (χ1n) is 7.18. The number of benzene rings is 2. The zero-order valence-electron chi connectivity index (χ0n) is 13.2. The van der Waals surface area contributed by atoms with E-state index in [2.05, 4.69) is 10.9 Å². The van der Waals surface area contributed by atoms with Crippen molar-refractivity contribution in [2.75, 3.05) is 12.0 Å². The molecule has 0 aromatic heterocycles. The Kier molecular flexibility index (Phi) is 5.33. The van der Waals surface area contributed by atoms with Crippen LogP contribution in [0.3, 0.4) is 0 Å². The molecule has 2 aromatic rings. The Morgan fingerprint density at radius 2 is 1.79 bits per heavy atom. The summed E-state index contributed by atoms with van der Waals surface area (Å²) < 4.78 is 43.8. The molecule has 1 amide bonds. The maximum atomic E-state index is 12.8. The van der Waals surface area contributed by atoms with Crippen molar-refractivity contribution in [3.8, 4) is 5.75 Å². The number of aryl methyl sites for hydroxylation is 2. The monoisotopic (exact) mass is 338 g/mol. The molecule has 2 rings (SSSR count). The van der Waals surface area contributed by atoms with Crippen molar-refractivity contribution in [1.82, 2.24) is 5.43 Å². The Bertz CT molecular complexity index is 730. The highest BCUT2D eigenvalue weighted by molar-refractivity contribution is 5.79. The Hall–Kier alpha value is -2.70. The fraction of sp³-hybridized carbons (Fsp3) is 0.235. The van der Waals surface area contributed by atoms with Crippen LogP contribution in [-0.4, -0.2) is 12.5 Å². The molecule has 0 atom stereocenters. The topological polar surface area (TPSA) is 50.4 Å². The van der Waals surface area contributed by atoms with Gasteiger partial charge in [-0.2, -0.15) is 13.2 Å². The maximum absolute atomic E-state index is 12.8. The van der Waals surface area contributed by atoms with E-state index in [9.17, 15) is 18.0 Å². The lowest BCUT2D eigenvalue weighted by atomic mass is 10.1. The lowest BCUT2D eigenvalue weighted by Crippen LogP contribution is -2.34. The van der Waals surface area contributed by atoms with Gasteiger partial charge in [-0.1, -0.05) is 18.2 Å². The van der Waals surface area contributed by atoms with Gasteiger partial charge in [0, 0.05) is 0 Å². The van der Waals surface area contributed by atoms with E-state index in [1.54, 1.807) is 12.1 Å². The Morgan fingerprint density at radius 3 is 2.46 bits per heavy atom. The van der Waals surface area contributed by atoms with Crippen LogP contribution < -0.4 is 15.6 Å². The van der Waals surface area contributed by atoms with Gasteiger partial charge in [0.1, 0.15) is 5.75 Å². The number of halogens is 3. The summed E-state index contributed by atoms with van der Waals surface area (Å²) in [5, 5.41) is 0. The molecular weight excluding hydrogens is 321 g/mol. The van der Waals surface area contributed by atoms with Gasteiger partial charge < -0.3 is 4.74 Å². The fourth-order valence-corrected chi connectivity index (χ4v) is 1.97. The third-order valence-corrected chi connectivity index (χ3v) is 3.42. The number of carbonyl (C=O) groups excluding carboxylic acids is 1. The number of ether oxygens (including phenoxy) is 1. The summed E-state index contributed by atoms with van der Waals surface area (Å²) in [7, 11) is 0. The molecule has 128 valence electrons. The smallest absolute Gasteiger partial charge is 0.418 e. The molecule has 0 saturated carbocycles. The molecule has 2 aromatic carbocycles. The van der Waals surface area contributed by atoms with Gasteiger partial charge in [0.15, 0.2) is 6.61 Å². The molecule has 0 aliphatic rings. The summed E-state index contributed by atoms with van der Waals surface area (Å²) in [5.74, 6) is -0.0749. The number of carbonyl (C=O) groups is 1. The molecule has 0 fully saturated rings. The van der Waals surface area contributed by atoms with Gasteiger partial charge in [0.2, 0.25) is 0 Å². The Labute approximate surface area is 137 Å². The molecule has 4 nitrogen and oxygen atoms in total. The van der Waals surface area contributed by atoms with Crippen molar-refractivity contribution in [2.24, 2.45) is 0 Å². The van der Waals surface area contributed by atoms with Gasteiger partial charge in [0.25, 0.3) is 5.91 Å². The van der Waals surface area contributed by atoms with E-state index in [0.717, 1.165) is 17.2 Å². The number of alkyl halides is 3. The van der Waals surface area contributed by atoms with E-state index in [1.165, 1.54) is 18.2 Å². The Balaban J connectivity index is 1.91. The molecule has 0 radical (unpaired) electrons. The number of hydrazine groups is 1. The standard InChI is InChI=1S/C17H17F3N2O2/c1-11-7-8-13(9-12(11)2)24-10-16(23)22-21-15-6-4-3-5-14(15)17(18,19)20/h3-9,21H,10H2,1-2H3,(H,22,23). The summed E-state index contributed by atoms with van der Waals surface area (Å²) in [6.45, 7) is 3.55. The zero-order valence-corrected chi connectivity index (χ0v) is 13.2. The van der Waals surface area contributed by atoms with Gasteiger partial charge >= 0.3 is 6.18 Å². The average molecular weight is 338 g/mol. The quantitative estimate of drug-likeness (QED) is 0.815. The van der Waals surface area contributed by atoms with Crippen molar-refractivity contribution < 1.29 is 22.7 Å². The van der Waals surface area contributed by atoms with Crippen molar-refractivity contribution in [2.45, 2.75) is 20.0 Å². The SMILES string of the molecule is Cc1ccc(OCC(=O)NNc2ccccc2C(F)(F)F)cc1C. The first kappa shape index (κ1) is 17.7. The molecule has 0 heterocycles. The van der Waals surface area contributed by atoms with Crippen molar-refractivity contribution >= 4 is 11.6 Å². The minimum atomic E-state index is -4.51. The summed E-state index contributed by atoms with van der Waals surface area (Å²) in [4.78, 5) is 11.7. The van der Waals surface area contributed by atoms with Crippen LogP contribution in [0.25, 0.3) is 0 Å². The van der Waals surface area contributed by atoms with E-state index in [4.69, 9.17) is 4.74 Å². The molecule has 0 saturated heterocycles. The van der Waals surface area contributed by atoms with Crippen LogP contribution >= 0.6 is 0 Å². The van der Waals surface area contributed by atoms with E-state index < -0.39 is 17.6 Å². The summed E-state index contributed by atoms with van der Waals surface area (Å²) in [5.41, 5.74) is 5.49. The number of amides is 1. The van der Waals surface area contributed by atoms with Gasteiger partial charge in [-0.05, 0) is 49.2 Å². The number of hydrogen-bond acceptors (Lipinski definition) is 3. The molecule has 0 spiro atoms. The van der Waals surface area contributed by atoms with Gasteiger partial charge in [-0.25, -0.2) is 0 Å². The normalized spacial score (nSPS) is 11.0. The largest absolute Gasteiger partial charge is 0.484 e. The minimum Gasteiger partial charge on any atom is -0.484 e. The predicted molar refractivity (Wildman–Crippen MR) is 84.6 cm³/mol. The average Bonchev–Trinajstić information content (AvgIpc) is 2.53. The zero-order chi connectivity index (χ0) is 17.7. The van der Waals surface area contributed by atoms with Crippen LogP contribution in [-0.2, 0) is 11.0 Å². The third kappa shape index (κ3) is 4.65. The second kappa shape index (κ2) is 7.25. The van der Waals surface area contributed by atoms with E-state index in [0.29, 0.717) is 5.75 Å². The fourth-order valence-electron chi connectivity index (χ4n) is 1.97. The number of nitrogens with one attached hydrogen (secondary N) is 2. The van der Waals surface area contributed by atoms with Crippen LogP contribution in [0.1, 0.15) is 16.7 Å². The molecule has 0 unspecified atom stereocenters. The third-order valence-electron chi connectivity index (χ3n) is 3.42. The van der Waals surface area contributed by atoms with Crippen molar-refractivity contribution in [3.05, 3.63) is 59.2 Å². The van der Waals surface area contributed by atoms with Crippen LogP contribution in [0.5, 0.6) is 5.75 Å². The molecule has 24 heavy (non-hydrogen) atoms. The highest BCUT2D eigenvalue weighted by Gasteiger charge is 2.33. The maximum Gasteiger partial charge on any atom is 0.418 e. The predicted octanol–water partition coefficient (Wildman–Crippen LogP) is 3.84. The second-order valence-corrected chi connectivity index (χ2v) is 5.25. The number of rotatable bonds is 5. The summed E-state index contributed by atoms with van der Waals surface area (Å²) >= 11 is 0. The van der Waals surface area contributed by atoms with E-state index in [1.807, 2.05) is 19.9 Å². The molecule has 0 aliphatic carbocycles. The van der Waals surface area contributed by atoms with Crippen LogP contribution in [0.15, 0.2) is 42.5 Å². The Morgan fingerprint density at radius 1 is 1.08 bits per heavy atom. The lowest BCUT2D eigenvalue weighted by Gasteiger charge is -2.15. The molecule has 7 heteroatoms.